The van der Waals surface area contributed by atoms with Crippen molar-refractivity contribution in [3.8, 4) is 0 Å². The minimum Gasteiger partial charge on any atom is -0.352 e. The van der Waals surface area contributed by atoms with Gasteiger partial charge in [0.2, 0.25) is 0 Å². The number of nitrogens with one attached hydrogen (secondary N) is 1. The van der Waals surface area contributed by atoms with Gasteiger partial charge in [0.25, 0.3) is 5.91 Å². The minimum absolute atomic E-state index is 0.210. The summed E-state index contributed by atoms with van der Waals surface area (Å²) < 4.78 is 1.94. The fourth-order valence-corrected chi connectivity index (χ4v) is 2.77. The molecule has 23 heavy (non-hydrogen) atoms. The van der Waals surface area contributed by atoms with E-state index in [9.17, 15) is 4.79 Å². The van der Waals surface area contributed by atoms with Gasteiger partial charge in [0.15, 0.2) is 5.65 Å². The highest BCUT2D eigenvalue weighted by Gasteiger charge is 2.10. The summed E-state index contributed by atoms with van der Waals surface area (Å²) >= 11 is 11.8. The van der Waals surface area contributed by atoms with Gasteiger partial charge in [0.1, 0.15) is 5.82 Å². The largest absolute Gasteiger partial charge is 0.352 e. The second-order valence-corrected chi connectivity index (χ2v) is 5.87. The smallest absolute Gasteiger partial charge is 0.252 e. The van der Waals surface area contributed by atoms with E-state index in [-0.39, 0.29) is 5.91 Å². The van der Waals surface area contributed by atoms with Crippen molar-refractivity contribution in [2.75, 3.05) is 6.54 Å². The summed E-state index contributed by atoms with van der Waals surface area (Å²) in [7, 11) is 0. The first-order chi connectivity index (χ1) is 11.1. The molecule has 5 nitrogen and oxygen atoms in total. The quantitative estimate of drug-likeness (QED) is 0.719. The number of fused-ring (bicyclic) bond motifs is 1. The first-order valence-electron chi connectivity index (χ1n) is 7.17. The first-order valence-corrected chi connectivity index (χ1v) is 7.92. The number of rotatable bonds is 5. The van der Waals surface area contributed by atoms with E-state index < -0.39 is 0 Å². The van der Waals surface area contributed by atoms with E-state index in [1.165, 1.54) is 0 Å². The Hall–Kier alpha value is -2.11. The van der Waals surface area contributed by atoms with Crippen LogP contribution in [0.2, 0.25) is 10.0 Å². The lowest BCUT2D eigenvalue weighted by molar-refractivity contribution is 0.0953. The van der Waals surface area contributed by atoms with Crippen molar-refractivity contribution in [1.29, 1.82) is 0 Å². The second-order valence-electron chi connectivity index (χ2n) is 5.03. The van der Waals surface area contributed by atoms with Crippen LogP contribution in [0.15, 0.2) is 42.6 Å². The maximum atomic E-state index is 12.1. The molecule has 2 heterocycles. The number of carbonyl (C=O) groups excluding carboxylic acids is 1. The molecule has 7 heteroatoms. The molecule has 0 bridgehead atoms. The third kappa shape index (κ3) is 3.63. The number of nitrogens with zero attached hydrogens (tertiary/aromatic N) is 3. The fourth-order valence-electron chi connectivity index (χ4n) is 2.28. The number of carbonyl (C=O) groups is 1. The van der Waals surface area contributed by atoms with Gasteiger partial charge in [0, 0.05) is 24.2 Å². The molecule has 3 aromatic rings. The number of aromatic nitrogens is 3. The number of halogens is 2. The Labute approximate surface area is 143 Å². The van der Waals surface area contributed by atoms with Gasteiger partial charge in [-0.15, -0.1) is 10.2 Å². The zero-order valence-electron chi connectivity index (χ0n) is 12.2. The van der Waals surface area contributed by atoms with E-state index >= 15 is 0 Å². The summed E-state index contributed by atoms with van der Waals surface area (Å²) in [6, 6.07) is 10.6. The molecule has 0 saturated heterocycles. The van der Waals surface area contributed by atoms with Crippen molar-refractivity contribution in [3.05, 3.63) is 64.0 Å². The molecule has 0 aliphatic carbocycles. The predicted molar refractivity (Wildman–Crippen MR) is 90.1 cm³/mol. The Morgan fingerprint density at radius 1 is 1.17 bits per heavy atom. The summed E-state index contributed by atoms with van der Waals surface area (Å²) in [6.45, 7) is 0.527. The maximum Gasteiger partial charge on any atom is 0.252 e. The first kappa shape index (κ1) is 15.8. The van der Waals surface area contributed by atoms with Crippen LogP contribution in [-0.4, -0.2) is 27.0 Å². The number of pyridine rings is 1. The van der Waals surface area contributed by atoms with E-state index in [1.54, 1.807) is 18.2 Å². The molecular weight excluding hydrogens is 335 g/mol. The van der Waals surface area contributed by atoms with E-state index in [4.69, 9.17) is 23.2 Å². The molecule has 2 aromatic heterocycles. The molecule has 0 saturated carbocycles. The van der Waals surface area contributed by atoms with Crippen molar-refractivity contribution in [3.63, 3.8) is 0 Å². The molecule has 1 aromatic carbocycles. The van der Waals surface area contributed by atoms with Crippen LogP contribution in [0.4, 0.5) is 0 Å². The fraction of sp³-hybridized carbons (Fsp3) is 0.188. The van der Waals surface area contributed by atoms with Gasteiger partial charge < -0.3 is 5.32 Å². The van der Waals surface area contributed by atoms with Crippen LogP contribution < -0.4 is 5.32 Å². The number of aryl methyl sites for hydroxylation is 1. The SMILES string of the molecule is O=C(NCCCc1nnc2ccccn12)c1ccc(Cl)cc1Cl. The van der Waals surface area contributed by atoms with E-state index in [0.29, 0.717) is 22.2 Å². The van der Waals surface area contributed by atoms with Crippen LogP contribution in [0.5, 0.6) is 0 Å². The van der Waals surface area contributed by atoms with Gasteiger partial charge in [-0.05, 0) is 36.8 Å². The molecule has 0 fully saturated rings. The number of hydrogen-bond donors (Lipinski definition) is 1. The standard InChI is InChI=1S/C16H14Cl2N4O/c17-11-6-7-12(13(18)10-11)16(23)19-8-3-5-15-21-20-14-4-1-2-9-22(14)15/h1-2,4,6-7,9-10H,3,5,8H2,(H,19,23). The molecule has 3 rings (SSSR count). The van der Waals surface area contributed by atoms with Gasteiger partial charge in [0.05, 0.1) is 10.6 Å². The van der Waals surface area contributed by atoms with Crippen LogP contribution in [0.3, 0.4) is 0 Å². The Morgan fingerprint density at radius 3 is 2.87 bits per heavy atom. The van der Waals surface area contributed by atoms with Gasteiger partial charge in [-0.1, -0.05) is 29.3 Å². The highest BCUT2D eigenvalue weighted by Crippen LogP contribution is 2.20. The van der Waals surface area contributed by atoms with Crippen LogP contribution in [0.1, 0.15) is 22.6 Å². The summed E-state index contributed by atoms with van der Waals surface area (Å²) in [4.78, 5) is 12.1. The van der Waals surface area contributed by atoms with Crippen molar-refractivity contribution in [2.24, 2.45) is 0 Å². The predicted octanol–water partition coefficient (Wildman–Crippen LogP) is 3.40. The molecule has 118 valence electrons. The van der Waals surface area contributed by atoms with Crippen LogP contribution in [-0.2, 0) is 6.42 Å². The zero-order chi connectivity index (χ0) is 16.2. The van der Waals surface area contributed by atoms with Crippen LogP contribution in [0, 0.1) is 0 Å². The lowest BCUT2D eigenvalue weighted by Gasteiger charge is -2.06. The average molecular weight is 349 g/mol. The highest BCUT2D eigenvalue weighted by molar-refractivity contribution is 6.36. The topological polar surface area (TPSA) is 59.3 Å². The number of benzene rings is 1. The maximum absolute atomic E-state index is 12.1. The Bertz CT molecular complexity index is 847. The molecule has 0 atom stereocenters. The third-order valence-electron chi connectivity index (χ3n) is 3.42. The van der Waals surface area contributed by atoms with Gasteiger partial charge in [-0.25, -0.2) is 0 Å². The monoisotopic (exact) mass is 348 g/mol. The second kappa shape index (κ2) is 6.98. The van der Waals surface area contributed by atoms with Crippen molar-refractivity contribution >= 4 is 34.8 Å². The lowest BCUT2D eigenvalue weighted by atomic mass is 10.2. The van der Waals surface area contributed by atoms with Crippen molar-refractivity contribution in [1.82, 2.24) is 19.9 Å². The van der Waals surface area contributed by atoms with Gasteiger partial charge in [-0.3, -0.25) is 9.20 Å². The van der Waals surface area contributed by atoms with E-state index in [2.05, 4.69) is 15.5 Å². The van der Waals surface area contributed by atoms with Gasteiger partial charge in [-0.2, -0.15) is 0 Å². The van der Waals surface area contributed by atoms with E-state index in [0.717, 1.165) is 24.3 Å². The number of amides is 1. The molecule has 0 spiro atoms. The van der Waals surface area contributed by atoms with E-state index in [1.807, 2.05) is 28.8 Å². The molecule has 0 radical (unpaired) electrons. The summed E-state index contributed by atoms with van der Waals surface area (Å²) in [5, 5.41) is 12.0. The summed E-state index contributed by atoms with van der Waals surface area (Å²) in [6.07, 6.45) is 3.41. The van der Waals surface area contributed by atoms with Crippen molar-refractivity contribution in [2.45, 2.75) is 12.8 Å². The molecule has 0 unspecified atom stereocenters. The Kier molecular flexibility index (Phi) is 4.79. The Balaban J connectivity index is 1.54. The third-order valence-corrected chi connectivity index (χ3v) is 3.97. The Morgan fingerprint density at radius 2 is 2.04 bits per heavy atom. The van der Waals surface area contributed by atoms with Crippen LogP contribution in [0.25, 0.3) is 5.65 Å². The minimum atomic E-state index is -0.210. The molecular formula is C16H14Cl2N4O. The highest BCUT2D eigenvalue weighted by atomic mass is 35.5. The zero-order valence-corrected chi connectivity index (χ0v) is 13.7. The van der Waals surface area contributed by atoms with Gasteiger partial charge >= 0.3 is 0 Å². The normalized spacial score (nSPS) is 10.9. The van der Waals surface area contributed by atoms with Crippen LogP contribution >= 0.6 is 23.2 Å². The average Bonchev–Trinajstić information content (AvgIpc) is 2.94. The molecule has 0 aliphatic heterocycles. The molecule has 1 amide bonds. The summed E-state index contributed by atoms with van der Waals surface area (Å²) in [5.74, 6) is 0.664. The molecule has 1 N–H and O–H groups in total. The van der Waals surface area contributed by atoms with Crippen molar-refractivity contribution < 1.29 is 4.79 Å². The number of hydrogen-bond acceptors (Lipinski definition) is 3. The lowest BCUT2D eigenvalue weighted by Crippen LogP contribution is -2.25. The summed E-state index contributed by atoms with van der Waals surface area (Å²) in [5.41, 5.74) is 1.24. The molecule has 0 aliphatic rings.